The lowest BCUT2D eigenvalue weighted by Crippen LogP contribution is -2.24. The Balaban J connectivity index is 1.61. The smallest absolute Gasteiger partial charge is 0.276 e. The van der Waals surface area contributed by atoms with Crippen LogP contribution in [0.1, 0.15) is 37.0 Å². The molecule has 1 N–H and O–H groups in total. The number of hydrogen-bond donors (Lipinski definition) is 1. The monoisotopic (exact) mass is 403 g/mol. The van der Waals surface area contributed by atoms with Crippen molar-refractivity contribution in [2.75, 3.05) is 7.11 Å². The Hall–Kier alpha value is -3.38. The van der Waals surface area contributed by atoms with Crippen molar-refractivity contribution < 1.29 is 9.84 Å². The maximum atomic E-state index is 13.0. The summed E-state index contributed by atoms with van der Waals surface area (Å²) in [6, 6.07) is 17.2. The van der Waals surface area contributed by atoms with Gasteiger partial charge in [0.15, 0.2) is 0 Å². The molecule has 0 saturated heterocycles. The number of rotatable bonds is 6. The number of aromatic nitrogens is 3. The van der Waals surface area contributed by atoms with E-state index < -0.39 is 6.10 Å². The molecule has 0 amide bonds. The predicted octanol–water partition coefficient (Wildman–Crippen LogP) is 4.03. The molecule has 154 valence electrons. The maximum absolute atomic E-state index is 13.0. The number of methoxy groups -OCH3 is 1. The largest absolute Gasteiger partial charge is 0.497 e. The second-order valence-electron chi connectivity index (χ2n) is 7.68. The van der Waals surface area contributed by atoms with E-state index >= 15 is 0 Å². The highest BCUT2D eigenvalue weighted by molar-refractivity contribution is 5.65. The van der Waals surface area contributed by atoms with Crippen molar-refractivity contribution >= 4 is 5.52 Å². The van der Waals surface area contributed by atoms with Crippen molar-refractivity contribution in [2.24, 2.45) is 0 Å². The zero-order valence-electron chi connectivity index (χ0n) is 17.3. The molecular weight excluding hydrogens is 378 g/mol. The van der Waals surface area contributed by atoms with Gasteiger partial charge in [0.1, 0.15) is 11.3 Å². The highest BCUT2D eigenvalue weighted by Crippen LogP contribution is 2.23. The first kappa shape index (κ1) is 19.9. The van der Waals surface area contributed by atoms with E-state index in [1.54, 1.807) is 54.4 Å². The van der Waals surface area contributed by atoms with Crippen molar-refractivity contribution in [2.45, 2.75) is 32.4 Å². The van der Waals surface area contributed by atoms with Crippen molar-refractivity contribution in [1.82, 2.24) is 14.2 Å². The van der Waals surface area contributed by atoms with Gasteiger partial charge >= 0.3 is 0 Å². The summed E-state index contributed by atoms with van der Waals surface area (Å²) >= 11 is 0. The molecule has 2 aromatic heterocycles. The first-order valence-corrected chi connectivity index (χ1v) is 9.97. The lowest BCUT2D eigenvalue weighted by atomic mass is 10.0. The second-order valence-corrected chi connectivity index (χ2v) is 7.68. The van der Waals surface area contributed by atoms with E-state index in [9.17, 15) is 9.90 Å². The van der Waals surface area contributed by atoms with Crippen LogP contribution in [0.5, 0.6) is 5.75 Å². The number of benzene rings is 2. The standard InChI is InChI=1S/C24H25N3O3/c1-16(2)17-4-6-18(7-5-17)21-14-22-24(29)26(12-13-27(22)25-21)15-23(28)19-8-10-20(30-3)11-9-19/h4-14,16,23,28H,15H2,1-3H3/t23-/m0/s1. The van der Waals surface area contributed by atoms with Gasteiger partial charge in [-0.05, 0) is 35.2 Å². The van der Waals surface area contributed by atoms with Crippen LogP contribution in [0.15, 0.2) is 71.8 Å². The van der Waals surface area contributed by atoms with Crippen LogP contribution in [0.25, 0.3) is 16.8 Å². The summed E-state index contributed by atoms with van der Waals surface area (Å²) in [5.74, 6) is 1.18. The molecule has 2 heterocycles. The van der Waals surface area contributed by atoms with E-state index in [4.69, 9.17) is 4.74 Å². The zero-order valence-corrected chi connectivity index (χ0v) is 17.3. The average Bonchev–Trinajstić information content (AvgIpc) is 3.21. The molecule has 0 unspecified atom stereocenters. The van der Waals surface area contributed by atoms with Crippen LogP contribution in [-0.2, 0) is 6.54 Å². The van der Waals surface area contributed by atoms with Gasteiger partial charge in [-0.2, -0.15) is 5.10 Å². The van der Waals surface area contributed by atoms with E-state index in [2.05, 4.69) is 31.1 Å². The third-order valence-corrected chi connectivity index (χ3v) is 5.35. The minimum atomic E-state index is -0.804. The Morgan fingerprint density at radius 2 is 1.67 bits per heavy atom. The number of hydrogen-bond acceptors (Lipinski definition) is 4. The molecule has 1 atom stereocenters. The zero-order chi connectivity index (χ0) is 21.3. The molecule has 0 aliphatic heterocycles. The molecule has 0 aliphatic rings. The number of ether oxygens (including phenoxy) is 1. The minimum absolute atomic E-state index is 0.158. The molecule has 4 rings (SSSR count). The Bertz CT molecular complexity index is 1210. The van der Waals surface area contributed by atoms with E-state index in [0.29, 0.717) is 11.4 Å². The summed E-state index contributed by atoms with van der Waals surface area (Å²) in [4.78, 5) is 13.0. The maximum Gasteiger partial charge on any atom is 0.276 e. The highest BCUT2D eigenvalue weighted by Gasteiger charge is 2.13. The Labute approximate surface area is 175 Å². The van der Waals surface area contributed by atoms with Gasteiger partial charge in [-0.15, -0.1) is 0 Å². The molecular formula is C24H25N3O3. The average molecular weight is 403 g/mol. The fraction of sp³-hybridized carbons (Fsp3) is 0.250. The van der Waals surface area contributed by atoms with Crippen LogP contribution >= 0.6 is 0 Å². The molecule has 4 aromatic rings. The number of nitrogens with zero attached hydrogens (tertiary/aromatic N) is 3. The first-order valence-electron chi connectivity index (χ1n) is 9.97. The van der Waals surface area contributed by atoms with Gasteiger partial charge in [-0.3, -0.25) is 4.79 Å². The highest BCUT2D eigenvalue weighted by atomic mass is 16.5. The first-order chi connectivity index (χ1) is 14.5. The summed E-state index contributed by atoms with van der Waals surface area (Å²) in [6.07, 6.45) is 2.59. The minimum Gasteiger partial charge on any atom is -0.497 e. The summed E-state index contributed by atoms with van der Waals surface area (Å²) < 4.78 is 8.24. The Morgan fingerprint density at radius 1 is 1.00 bits per heavy atom. The van der Waals surface area contributed by atoms with E-state index in [0.717, 1.165) is 22.6 Å². The number of fused-ring (bicyclic) bond motifs is 1. The molecule has 0 fully saturated rings. The van der Waals surface area contributed by atoms with Crippen LogP contribution < -0.4 is 10.3 Å². The summed E-state index contributed by atoms with van der Waals surface area (Å²) in [7, 11) is 1.60. The lowest BCUT2D eigenvalue weighted by Gasteiger charge is -2.13. The normalized spacial score (nSPS) is 12.4. The van der Waals surface area contributed by atoms with Gasteiger partial charge in [-0.1, -0.05) is 50.2 Å². The predicted molar refractivity (Wildman–Crippen MR) is 117 cm³/mol. The van der Waals surface area contributed by atoms with Crippen LogP contribution in [0.3, 0.4) is 0 Å². The number of aliphatic hydroxyl groups excluding tert-OH is 1. The van der Waals surface area contributed by atoms with Crippen LogP contribution in [0.4, 0.5) is 0 Å². The van der Waals surface area contributed by atoms with Crippen LogP contribution in [-0.4, -0.2) is 26.4 Å². The van der Waals surface area contributed by atoms with Gasteiger partial charge in [0.2, 0.25) is 0 Å². The van der Waals surface area contributed by atoms with Crippen molar-refractivity contribution in [3.05, 3.63) is 88.5 Å². The SMILES string of the molecule is COc1ccc([C@@H](O)Cn2ccn3nc(-c4ccc(C(C)C)cc4)cc3c2=O)cc1. The molecule has 6 nitrogen and oxygen atoms in total. The Kier molecular flexibility index (Phi) is 5.42. The molecule has 0 radical (unpaired) electrons. The van der Waals surface area contributed by atoms with E-state index in [-0.39, 0.29) is 12.1 Å². The van der Waals surface area contributed by atoms with Gasteiger partial charge in [0.25, 0.3) is 5.56 Å². The molecule has 0 spiro atoms. The van der Waals surface area contributed by atoms with E-state index in [1.165, 1.54) is 10.1 Å². The number of aliphatic hydroxyl groups is 1. The topological polar surface area (TPSA) is 68.8 Å². The molecule has 0 saturated carbocycles. The molecule has 0 bridgehead atoms. The third-order valence-electron chi connectivity index (χ3n) is 5.35. The van der Waals surface area contributed by atoms with Crippen molar-refractivity contribution in [3.8, 4) is 17.0 Å². The summed E-state index contributed by atoms with van der Waals surface area (Å²) in [6.45, 7) is 4.47. The van der Waals surface area contributed by atoms with Gasteiger partial charge in [0.05, 0.1) is 25.5 Å². The quantitative estimate of drug-likeness (QED) is 0.528. The summed E-state index contributed by atoms with van der Waals surface area (Å²) in [5, 5.41) is 15.1. The van der Waals surface area contributed by atoms with Gasteiger partial charge < -0.3 is 14.4 Å². The molecule has 2 aromatic carbocycles. The van der Waals surface area contributed by atoms with Crippen LogP contribution in [0.2, 0.25) is 0 Å². The van der Waals surface area contributed by atoms with Crippen molar-refractivity contribution in [1.29, 1.82) is 0 Å². The Morgan fingerprint density at radius 3 is 2.30 bits per heavy atom. The van der Waals surface area contributed by atoms with Crippen LogP contribution in [0, 0.1) is 0 Å². The van der Waals surface area contributed by atoms with E-state index in [1.807, 2.05) is 12.1 Å². The third kappa shape index (κ3) is 3.86. The fourth-order valence-electron chi connectivity index (χ4n) is 3.47. The molecule has 6 heteroatoms. The van der Waals surface area contributed by atoms with Gasteiger partial charge in [0, 0.05) is 18.0 Å². The second kappa shape index (κ2) is 8.16. The van der Waals surface area contributed by atoms with Crippen molar-refractivity contribution in [3.63, 3.8) is 0 Å². The lowest BCUT2D eigenvalue weighted by molar-refractivity contribution is 0.155. The molecule has 0 aliphatic carbocycles. The fourth-order valence-corrected chi connectivity index (χ4v) is 3.47. The van der Waals surface area contributed by atoms with Gasteiger partial charge in [-0.25, -0.2) is 4.52 Å². The summed E-state index contributed by atoms with van der Waals surface area (Å²) in [5.41, 5.74) is 3.98. The molecule has 30 heavy (non-hydrogen) atoms.